The van der Waals surface area contributed by atoms with Crippen LogP contribution in [0.25, 0.3) is 0 Å². The number of methoxy groups -OCH3 is 1. The number of hydrogen-bond donors (Lipinski definition) is 2. The van der Waals surface area contributed by atoms with Crippen molar-refractivity contribution in [2.24, 2.45) is 17.3 Å². The number of hydrogen-bond acceptors (Lipinski definition) is 5. The monoisotopic (exact) mass is 396 g/mol. The van der Waals surface area contributed by atoms with Gasteiger partial charge in [-0.1, -0.05) is 58.6 Å². The second-order valence-corrected chi connectivity index (χ2v) is 8.87. The van der Waals surface area contributed by atoms with E-state index in [0.717, 1.165) is 44.9 Å². The molecule has 162 valence electrons. The van der Waals surface area contributed by atoms with E-state index < -0.39 is 12.2 Å². The van der Waals surface area contributed by atoms with Crippen molar-refractivity contribution >= 4 is 11.8 Å². The Labute approximate surface area is 170 Å². The lowest BCUT2D eigenvalue weighted by Crippen LogP contribution is -2.28. The molecule has 0 saturated heterocycles. The minimum absolute atomic E-state index is 0.132. The maximum absolute atomic E-state index is 12.3. The van der Waals surface area contributed by atoms with Gasteiger partial charge in [0.2, 0.25) is 0 Å². The van der Waals surface area contributed by atoms with Crippen LogP contribution in [0.5, 0.6) is 0 Å². The molecule has 0 aromatic carbocycles. The number of aliphatic hydroxyl groups is 2. The van der Waals surface area contributed by atoms with Gasteiger partial charge in [0.05, 0.1) is 19.3 Å². The molecule has 0 aliphatic heterocycles. The summed E-state index contributed by atoms with van der Waals surface area (Å²) in [5.74, 6) is -0.316. The van der Waals surface area contributed by atoms with Gasteiger partial charge in [-0.25, -0.2) is 0 Å². The third-order valence-electron chi connectivity index (χ3n) is 6.12. The van der Waals surface area contributed by atoms with Crippen LogP contribution in [0.3, 0.4) is 0 Å². The van der Waals surface area contributed by atoms with Crippen molar-refractivity contribution in [2.45, 2.75) is 97.2 Å². The second kappa shape index (κ2) is 12.4. The van der Waals surface area contributed by atoms with Crippen LogP contribution in [0.15, 0.2) is 12.2 Å². The highest BCUT2D eigenvalue weighted by Crippen LogP contribution is 2.35. The Bertz CT molecular complexity index is 511. The van der Waals surface area contributed by atoms with Crippen molar-refractivity contribution in [1.82, 2.24) is 0 Å². The van der Waals surface area contributed by atoms with Crippen molar-refractivity contribution in [3.8, 4) is 0 Å². The van der Waals surface area contributed by atoms with Crippen molar-refractivity contribution in [1.29, 1.82) is 0 Å². The number of carbonyl (C=O) groups excluding carboxylic acids is 2. The summed E-state index contributed by atoms with van der Waals surface area (Å²) >= 11 is 0. The Kier molecular flexibility index (Phi) is 11.0. The smallest absolute Gasteiger partial charge is 0.305 e. The van der Waals surface area contributed by atoms with Crippen LogP contribution < -0.4 is 0 Å². The first kappa shape index (κ1) is 24.8. The molecular weight excluding hydrogens is 356 g/mol. The molecule has 0 amide bonds. The molecule has 1 aliphatic rings. The lowest BCUT2D eigenvalue weighted by molar-refractivity contribution is -0.140. The summed E-state index contributed by atoms with van der Waals surface area (Å²) < 4.78 is 4.63. The maximum atomic E-state index is 12.3. The SMILES string of the molecule is CCCC(C)(C)[C@@H](O)C/C=C/C1C(O)CC(=O)C1CCCCCCC(=O)OC. The van der Waals surface area contributed by atoms with Gasteiger partial charge in [0.1, 0.15) is 5.78 Å². The molecule has 0 aromatic heterocycles. The predicted octanol–water partition coefficient (Wildman–Crippen LogP) is 4.20. The van der Waals surface area contributed by atoms with Crippen LogP contribution in [0.2, 0.25) is 0 Å². The zero-order valence-electron chi connectivity index (χ0n) is 18.2. The minimum atomic E-state index is -0.617. The fraction of sp³-hybridized carbons (Fsp3) is 0.826. The molecule has 1 rings (SSSR count). The molecule has 3 unspecified atom stereocenters. The average molecular weight is 397 g/mol. The summed E-state index contributed by atoms with van der Waals surface area (Å²) in [4.78, 5) is 23.4. The number of carbonyl (C=O) groups is 2. The van der Waals surface area contributed by atoms with Gasteiger partial charge in [-0.15, -0.1) is 0 Å². The summed E-state index contributed by atoms with van der Waals surface area (Å²) in [5.41, 5.74) is -0.132. The van der Waals surface area contributed by atoms with Gasteiger partial charge in [0.25, 0.3) is 0 Å². The van der Waals surface area contributed by atoms with Gasteiger partial charge >= 0.3 is 5.97 Å². The van der Waals surface area contributed by atoms with Gasteiger partial charge in [-0.2, -0.15) is 0 Å². The number of aliphatic hydroxyl groups excluding tert-OH is 2. The summed E-state index contributed by atoms with van der Waals surface area (Å²) in [6.07, 6.45) is 10.5. The van der Waals surface area contributed by atoms with Crippen LogP contribution in [0.1, 0.15) is 85.0 Å². The molecule has 1 saturated carbocycles. The number of ketones is 1. The molecule has 1 fully saturated rings. The fourth-order valence-corrected chi connectivity index (χ4v) is 4.18. The fourth-order valence-electron chi connectivity index (χ4n) is 4.18. The summed E-state index contributed by atoms with van der Waals surface area (Å²) in [6, 6.07) is 0. The van der Waals surface area contributed by atoms with E-state index in [9.17, 15) is 19.8 Å². The Hall–Kier alpha value is -1.20. The van der Waals surface area contributed by atoms with Crippen molar-refractivity contribution in [2.75, 3.05) is 7.11 Å². The molecule has 5 nitrogen and oxygen atoms in total. The average Bonchev–Trinajstić information content (AvgIpc) is 2.90. The standard InChI is InChI=1S/C23H40O5/c1-5-15-23(2,3)21(26)13-10-12-18-17(19(24)16-20(18)25)11-8-6-7-9-14-22(27)28-4/h10,12,17-18,20-21,25-26H,5-9,11,13-16H2,1-4H3/b12-10+/t17?,18?,20?,21-/m0/s1. The second-order valence-electron chi connectivity index (χ2n) is 8.87. The van der Waals surface area contributed by atoms with E-state index in [4.69, 9.17) is 0 Å². The van der Waals surface area contributed by atoms with E-state index in [1.165, 1.54) is 7.11 Å². The van der Waals surface area contributed by atoms with E-state index in [1.54, 1.807) is 0 Å². The molecule has 0 bridgehead atoms. The first-order chi connectivity index (χ1) is 13.2. The van der Waals surface area contributed by atoms with Crippen LogP contribution in [-0.2, 0) is 14.3 Å². The highest BCUT2D eigenvalue weighted by Gasteiger charge is 2.39. The highest BCUT2D eigenvalue weighted by atomic mass is 16.5. The molecule has 0 radical (unpaired) electrons. The van der Waals surface area contributed by atoms with Crippen LogP contribution in [0.4, 0.5) is 0 Å². The van der Waals surface area contributed by atoms with E-state index in [1.807, 2.05) is 12.2 Å². The number of rotatable bonds is 13. The van der Waals surface area contributed by atoms with Gasteiger partial charge in [-0.3, -0.25) is 9.59 Å². The molecule has 2 N–H and O–H groups in total. The topological polar surface area (TPSA) is 83.8 Å². The highest BCUT2D eigenvalue weighted by molar-refractivity contribution is 5.84. The molecule has 0 heterocycles. The summed E-state index contributed by atoms with van der Waals surface area (Å²) in [6.45, 7) is 6.27. The van der Waals surface area contributed by atoms with E-state index in [-0.39, 0.29) is 35.4 Å². The first-order valence-corrected chi connectivity index (χ1v) is 10.8. The molecule has 1 aliphatic carbocycles. The molecule has 4 atom stereocenters. The lowest BCUT2D eigenvalue weighted by atomic mass is 9.80. The molecule has 0 aromatic rings. The Morgan fingerprint density at radius 1 is 1.29 bits per heavy atom. The van der Waals surface area contributed by atoms with Crippen molar-refractivity contribution < 1.29 is 24.5 Å². The molecule has 0 spiro atoms. The zero-order valence-corrected chi connectivity index (χ0v) is 18.2. The number of esters is 1. The van der Waals surface area contributed by atoms with Crippen LogP contribution >= 0.6 is 0 Å². The van der Waals surface area contributed by atoms with Crippen molar-refractivity contribution in [3.05, 3.63) is 12.2 Å². The molecular formula is C23H40O5. The number of ether oxygens (including phenoxy) is 1. The van der Waals surface area contributed by atoms with Crippen LogP contribution in [-0.4, -0.2) is 41.3 Å². The quantitative estimate of drug-likeness (QED) is 0.277. The predicted molar refractivity (Wildman–Crippen MR) is 111 cm³/mol. The summed E-state index contributed by atoms with van der Waals surface area (Å²) in [5, 5.41) is 20.7. The molecule has 28 heavy (non-hydrogen) atoms. The lowest BCUT2D eigenvalue weighted by Gasteiger charge is -2.29. The van der Waals surface area contributed by atoms with Gasteiger partial charge in [-0.05, 0) is 31.1 Å². The first-order valence-electron chi connectivity index (χ1n) is 10.8. The normalized spacial score (nSPS) is 24.1. The Morgan fingerprint density at radius 2 is 1.96 bits per heavy atom. The van der Waals surface area contributed by atoms with E-state index in [2.05, 4.69) is 25.5 Å². The Morgan fingerprint density at radius 3 is 2.61 bits per heavy atom. The summed E-state index contributed by atoms with van der Waals surface area (Å²) in [7, 11) is 1.40. The third-order valence-corrected chi connectivity index (χ3v) is 6.12. The number of unbranched alkanes of at least 4 members (excludes halogenated alkanes) is 3. The zero-order chi connectivity index (χ0) is 21.2. The minimum Gasteiger partial charge on any atom is -0.469 e. The van der Waals surface area contributed by atoms with Gasteiger partial charge in [0, 0.05) is 24.7 Å². The van der Waals surface area contributed by atoms with Gasteiger partial charge < -0.3 is 14.9 Å². The van der Waals surface area contributed by atoms with E-state index in [0.29, 0.717) is 12.8 Å². The van der Waals surface area contributed by atoms with E-state index >= 15 is 0 Å². The largest absolute Gasteiger partial charge is 0.469 e. The van der Waals surface area contributed by atoms with Gasteiger partial charge in [0.15, 0.2) is 0 Å². The Balaban J connectivity index is 2.46. The number of Topliss-reactive ketones (excluding diaryl/α,β-unsaturated/α-hetero) is 1. The third kappa shape index (κ3) is 8.04. The van der Waals surface area contributed by atoms with Crippen molar-refractivity contribution in [3.63, 3.8) is 0 Å². The maximum Gasteiger partial charge on any atom is 0.305 e. The molecule has 5 heteroatoms. The van der Waals surface area contributed by atoms with Crippen LogP contribution in [0, 0.1) is 17.3 Å².